The Kier molecular flexibility index (Phi) is 3.93. The Bertz CT molecular complexity index is 348. The second kappa shape index (κ2) is 5.43. The van der Waals surface area contributed by atoms with Crippen LogP contribution in [0.25, 0.3) is 0 Å². The van der Waals surface area contributed by atoms with E-state index in [0.29, 0.717) is 6.54 Å². The van der Waals surface area contributed by atoms with Crippen LogP contribution in [0.4, 0.5) is 0 Å². The molecule has 0 aromatic heterocycles. The Balaban J connectivity index is 1.95. The van der Waals surface area contributed by atoms with E-state index in [-0.39, 0.29) is 19.3 Å². The Morgan fingerprint density at radius 1 is 1.12 bits per heavy atom. The molecule has 0 fully saturated rings. The highest BCUT2D eigenvalue weighted by atomic mass is 16.3. The summed E-state index contributed by atoms with van der Waals surface area (Å²) in [6.07, 6.45) is 3.66. The van der Waals surface area contributed by atoms with E-state index in [1.54, 1.807) is 0 Å². The van der Waals surface area contributed by atoms with E-state index in [0.717, 1.165) is 0 Å². The van der Waals surface area contributed by atoms with Gasteiger partial charge in [-0.05, 0) is 36.0 Å². The SMILES string of the molecule is OCC(CO)NCc1ccc2c(c1)CCC2. The van der Waals surface area contributed by atoms with Gasteiger partial charge in [-0.3, -0.25) is 0 Å². The monoisotopic (exact) mass is 221 g/mol. The number of aryl methyl sites for hydroxylation is 2. The molecule has 1 aromatic rings. The maximum atomic E-state index is 8.94. The number of aliphatic hydroxyl groups is 2. The largest absolute Gasteiger partial charge is 0.395 e. The van der Waals surface area contributed by atoms with E-state index < -0.39 is 0 Å². The minimum atomic E-state index is -0.215. The van der Waals surface area contributed by atoms with Gasteiger partial charge in [0.1, 0.15) is 0 Å². The first-order chi connectivity index (χ1) is 7.83. The normalized spacial score (nSPS) is 14.4. The van der Waals surface area contributed by atoms with E-state index in [2.05, 4.69) is 23.5 Å². The fourth-order valence-electron chi connectivity index (χ4n) is 2.18. The van der Waals surface area contributed by atoms with Crippen LogP contribution in [0.2, 0.25) is 0 Å². The van der Waals surface area contributed by atoms with Gasteiger partial charge in [0.05, 0.1) is 19.3 Å². The summed E-state index contributed by atoms with van der Waals surface area (Å²) < 4.78 is 0. The summed E-state index contributed by atoms with van der Waals surface area (Å²) in [7, 11) is 0. The number of rotatable bonds is 5. The topological polar surface area (TPSA) is 52.5 Å². The van der Waals surface area contributed by atoms with Crippen molar-refractivity contribution in [2.75, 3.05) is 13.2 Å². The van der Waals surface area contributed by atoms with Crippen LogP contribution < -0.4 is 5.32 Å². The van der Waals surface area contributed by atoms with Crippen molar-refractivity contribution in [2.24, 2.45) is 0 Å². The smallest absolute Gasteiger partial charge is 0.0607 e. The molecule has 88 valence electrons. The minimum Gasteiger partial charge on any atom is -0.395 e. The molecule has 3 heteroatoms. The fraction of sp³-hybridized carbons (Fsp3) is 0.538. The van der Waals surface area contributed by atoms with Crippen molar-refractivity contribution in [3.63, 3.8) is 0 Å². The Morgan fingerprint density at radius 3 is 2.62 bits per heavy atom. The van der Waals surface area contributed by atoms with Crippen molar-refractivity contribution >= 4 is 0 Å². The molecule has 0 spiro atoms. The fourth-order valence-corrected chi connectivity index (χ4v) is 2.18. The van der Waals surface area contributed by atoms with E-state index >= 15 is 0 Å². The zero-order valence-corrected chi connectivity index (χ0v) is 9.45. The summed E-state index contributed by atoms with van der Waals surface area (Å²) in [5.41, 5.74) is 4.17. The molecule has 0 bridgehead atoms. The van der Waals surface area contributed by atoms with Gasteiger partial charge in [-0.2, -0.15) is 0 Å². The number of hydrogen-bond donors (Lipinski definition) is 3. The van der Waals surface area contributed by atoms with Crippen molar-refractivity contribution in [1.82, 2.24) is 5.32 Å². The minimum absolute atomic E-state index is 0.0263. The summed E-state index contributed by atoms with van der Waals surface area (Å²) >= 11 is 0. The molecule has 0 radical (unpaired) electrons. The zero-order chi connectivity index (χ0) is 11.4. The molecular formula is C13H19NO2. The highest BCUT2D eigenvalue weighted by Gasteiger charge is 2.11. The third-order valence-corrected chi connectivity index (χ3v) is 3.20. The quantitative estimate of drug-likeness (QED) is 0.683. The van der Waals surface area contributed by atoms with Crippen LogP contribution in [-0.4, -0.2) is 29.5 Å². The lowest BCUT2D eigenvalue weighted by molar-refractivity contribution is 0.170. The van der Waals surface area contributed by atoms with E-state index in [4.69, 9.17) is 10.2 Å². The summed E-state index contributed by atoms with van der Waals surface area (Å²) in [5, 5.41) is 21.0. The van der Waals surface area contributed by atoms with E-state index in [9.17, 15) is 0 Å². The molecule has 0 unspecified atom stereocenters. The lowest BCUT2D eigenvalue weighted by Crippen LogP contribution is -2.35. The third-order valence-electron chi connectivity index (χ3n) is 3.20. The molecule has 0 saturated heterocycles. The van der Waals surface area contributed by atoms with Crippen LogP contribution in [0.15, 0.2) is 18.2 Å². The first kappa shape index (κ1) is 11.6. The predicted octanol–water partition coefficient (Wildman–Crippen LogP) is 0.618. The average Bonchev–Trinajstić information content (AvgIpc) is 2.77. The summed E-state index contributed by atoms with van der Waals surface area (Å²) in [6.45, 7) is 0.655. The van der Waals surface area contributed by atoms with E-state index in [1.165, 1.54) is 36.0 Å². The van der Waals surface area contributed by atoms with Gasteiger partial charge in [-0.25, -0.2) is 0 Å². The molecule has 1 aliphatic carbocycles. The number of fused-ring (bicyclic) bond motifs is 1. The van der Waals surface area contributed by atoms with Crippen molar-refractivity contribution in [3.8, 4) is 0 Å². The number of nitrogens with one attached hydrogen (secondary N) is 1. The zero-order valence-electron chi connectivity index (χ0n) is 9.45. The van der Waals surface area contributed by atoms with Gasteiger partial charge in [0.25, 0.3) is 0 Å². The molecule has 3 nitrogen and oxygen atoms in total. The van der Waals surface area contributed by atoms with Crippen LogP contribution in [0, 0.1) is 0 Å². The molecule has 0 amide bonds. The molecule has 0 saturated carbocycles. The Hall–Kier alpha value is -0.900. The second-order valence-corrected chi connectivity index (χ2v) is 4.40. The lowest BCUT2D eigenvalue weighted by Gasteiger charge is -2.13. The maximum Gasteiger partial charge on any atom is 0.0607 e. The number of aliphatic hydroxyl groups excluding tert-OH is 2. The molecular weight excluding hydrogens is 202 g/mol. The van der Waals surface area contributed by atoms with Gasteiger partial charge in [0, 0.05) is 6.54 Å². The van der Waals surface area contributed by atoms with Crippen LogP contribution in [0.5, 0.6) is 0 Å². The van der Waals surface area contributed by atoms with Gasteiger partial charge in [0.15, 0.2) is 0 Å². The summed E-state index contributed by atoms with van der Waals surface area (Å²) in [4.78, 5) is 0. The van der Waals surface area contributed by atoms with Crippen LogP contribution in [0.1, 0.15) is 23.1 Å². The number of benzene rings is 1. The van der Waals surface area contributed by atoms with Crippen molar-refractivity contribution in [1.29, 1.82) is 0 Å². The second-order valence-electron chi connectivity index (χ2n) is 4.40. The molecule has 3 N–H and O–H groups in total. The van der Waals surface area contributed by atoms with Gasteiger partial charge < -0.3 is 15.5 Å². The number of hydrogen-bond acceptors (Lipinski definition) is 3. The molecule has 2 rings (SSSR count). The standard InChI is InChI=1S/C13H19NO2/c15-8-13(9-16)14-7-10-4-5-11-2-1-3-12(11)6-10/h4-6,13-16H,1-3,7-9H2. The van der Waals surface area contributed by atoms with Gasteiger partial charge >= 0.3 is 0 Å². The first-order valence-corrected chi connectivity index (χ1v) is 5.89. The first-order valence-electron chi connectivity index (χ1n) is 5.89. The Labute approximate surface area is 96.1 Å². The van der Waals surface area contributed by atoms with Gasteiger partial charge in [-0.1, -0.05) is 18.2 Å². The predicted molar refractivity (Wildman–Crippen MR) is 63.3 cm³/mol. The molecule has 1 aromatic carbocycles. The highest BCUT2D eigenvalue weighted by molar-refractivity contribution is 5.35. The Morgan fingerprint density at radius 2 is 1.88 bits per heavy atom. The van der Waals surface area contributed by atoms with Crippen LogP contribution in [-0.2, 0) is 19.4 Å². The van der Waals surface area contributed by atoms with Crippen molar-refractivity contribution in [2.45, 2.75) is 31.8 Å². The third kappa shape index (κ3) is 2.61. The molecule has 0 heterocycles. The van der Waals surface area contributed by atoms with Crippen molar-refractivity contribution < 1.29 is 10.2 Å². The molecule has 0 atom stereocenters. The van der Waals surface area contributed by atoms with Crippen LogP contribution in [0.3, 0.4) is 0 Å². The van der Waals surface area contributed by atoms with Gasteiger partial charge in [-0.15, -0.1) is 0 Å². The highest BCUT2D eigenvalue weighted by Crippen LogP contribution is 2.22. The van der Waals surface area contributed by atoms with Crippen molar-refractivity contribution in [3.05, 3.63) is 34.9 Å². The van der Waals surface area contributed by atoms with E-state index in [1.807, 2.05) is 0 Å². The molecule has 0 aliphatic heterocycles. The van der Waals surface area contributed by atoms with Crippen LogP contribution >= 0.6 is 0 Å². The van der Waals surface area contributed by atoms with Gasteiger partial charge in [0.2, 0.25) is 0 Å². The summed E-state index contributed by atoms with van der Waals surface area (Å²) in [5.74, 6) is 0. The average molecular weight is 221 g/mol. The maximum absolute atomic E-state index is 8.94. The molecule has 1 aliphatic rings. The lowest BCUT2D eigenvalue weighted by atomic mass is 10.1. The summed E-state index contributed by atoms with van der Waals surface area (Å²) in [6, 6.07) is 6.35. The molecule has 16 heavy (non-hydrogen) atoms.